The van der Waals surface area contributed by atoms with Gasteiger partial charge in [-0.25, -0.2) is 0 Å². The third-order valence-electron chi connectivity index (χ3n) is 14.1. The van der Waals surface area contributed by atoms with E-state index in [9.17, 15) is 20.1 Å². The highest BCUT2D eigenvalue weighted by atomic mass is 16.3. The first-order valence-corrected chi connectivity index (χ1v) is 29.5. The van der Waals surface area contributed by atoms with Crippen molar-refractivity contribution < 1.29 is 20.1 Å². The normalized spacial score (nSPS) is 13.3. The molecule has 0 aliphatic rings. The van der Waals surface area contributed by atoms with Crippen LogP contribution in [0.1, 0.15) is 335 Å². The van der Waals surface area contributed by atoms with Gasteiger partial charge in [0.1, 0.15) is 0 Å². The van der Waals surface area contributed by atoms with Crippen molar-refractivity contribution in [3.8, 4) is 0 Å². The number of allylic oxidation sites excluding steroid dienone is 1. The molecule has 0 aromatic heterocycles. The average molecular weight is 905 g/mol. The molecule has 382 valence electrons. The predicted octanol–water partition coefficient (Wildman–Crippen LogP) is 18.3. The minimum Gasteiger partial charge on any atom is -0.394 e. The summed E-state index contributed by atoms with van der Waals surface area (Å²) in [7, 11) is 0. The van der Waals surface area contributed by atoms with Gasteiger partial charge >= 0.3 is 0 Å². The Balaban J connectivity index is 3.52. The first-order chi connectivity index (χ1) is 31.5. The van der Waals surface area contributed by atoms with E-state index in [0.717, 1.165) is 25.7 Å². The monoisotopic (exact) mass is 904 g/mol. The van der Waals surface area contributed by atoms with Crippen LogP contribution in [0, 0.1) is 0 Å². The Kier molecular flexibility index (Phi) is 53.9. The smallest absolute Gasteiger partial charge is 0.222 e. The van der Waals surface area contributed by atoms with Crippen molar-refractivity contribution in [2.75, 3.05) is 6.61 Å². The second kappa shape index (κ2) is 54.7. The second-order valence-electron chi connectivity index (χ2n) is 20.6. The molecule has 0 fully saturated rings. The van der Waals surface area contributed by atoms with Crippen LogP contribution in [0.5, 0.6) is 0 Å². The average Bonchev–Trinajstić information content (AvgIpc) is 3.29. The first-order valence-electron chi connectivity index (χ1n) is 29.5. The minimum absolute atomic E-state index is 0.0197. The van der Waals surface area contributed by atoms with Crippen LogP contribution in [0.4, 0.5) is 0 Å². The largest absolute Gasteiger partial charge is 0.394 e. The van der Waals surface area contributed by atoms with Crippen molar-refractivity contribution in [2.24, 2.45) is 0 Å². The molecule has 0 saturated carbocycles. The maximum absolute atomic E-state index is 12.5. The molecule has 0 rings (SSSR count). The van der Waals surface area contributed by atoms with Crippen LogP contribution in [0.2, 0.25) is 0 Å². The second-order valence-corrected chi connectivity index (χ2v) is 20.6. The Hall–Kier alpha value is -0.910. The quantitative estimate of drug-likeness (QED) is 0.0362. The lowest BCUT2D eigenvalue weighted by Crippen LogP contribution is -2.45. The van der Waals surface area contributed by atoms with Crippen LogP contribution in [0.25, 0.3) is 0 Å². The molecule has 0 radical (unpaired) electrons. The van der Waals surface area contributed by atoms with Gasteiger partial charge in [0.15, 0.2) is 0 Å². The molecule has 1 amide bonds. The fraction of sp³-hybridized carbons (Fsp3) is 0.949. The van der Waals surface area contributed by atoms with Crippen LogP contribution < -0.4 is 5.32 Å². The van der Waals surface area contributed by atoms with Crippen LogP contribution in [0.3, 0.4) is 0 Å². The van der Waals surface area contributed by atoms with Crippen LogP contribution in [-0.4, -0.2) is 46.1 Å². The fourth-order valence-corrected chi connectivity index (χ4v) is 9.58. The highest BCUT2D eigenvalue weighted by Gasteiger charge is 2.20. The number of hydrogen-bond acceptors (Lipinski definition) is 4. The van der Waals surface area contributed by atoms with E-state index in [0.29, 0.717) is 6.42 Å². The fourth-order valence-electron chi connectivity index (χ4n) is 9.58. The summed E-state index contributed by atoms with van der Waals surface area (Å²) >= 11 is 0. The van der Waals surface area contributed by atoms with Gasteiger partial charge in [-0.3, -0.25) is 4.79 Å². The van der Waals surface area contributed by atoms with E-state index in [1.54, 1.807) is 6.08 Å². The number of carbonyl (C=O) groups is 1. The predicted molar refractivity (Wildman–Crippen MR) is 282 cm³/mol. The maximum atomic E-state index is 12.5. The zero-order valence-corrected chi connectivity index (χ0v) is 43.7. The van der Waals surface area contributed by atoms with Gasteiger partial charge in [0.2, 0.25) is 5.91 Å². The summed E-state index contributed by atoms with van der Waals surface area (Å²) in [6.45, 7) is 4.26. The number of unbranched alkanes of at least 4 members (excludes halogenated alkanes) is 46. The van der Waals surface area contributed by atoms with Crippen molar-refractivity contribution in [2.45, 2.75) is 353 Å². The number of hydrogen-bond donors (Lipinski definition) is 4. The lowest BCUT2D eigenvalue weighted by molar-refractivity contribution is -0.124. The summed E-state index contributed by atoms with van der Waals surface area (Å²) in [6, 6.07) is -0.741. The first kappa shape index (κ1) is 63.1. The van der Waals surface area contributed by atoms with E-state index in [-0.39, 0.29) is 18.9 Å². The summed E-state index contributed by atoms with van der Waals surface area (Å²) in [5.41, 5.74) is 0. The Labute approximate surface area is 401 Å². The zero-order valence-electron chi connectivity index (χ0n) is 43.7. The lowest BCUT2D eigenvalue weighted by Gasteiger charge is -2.21. The number of amides is 1. The molecular weight excluding hydrogens is 787 g/mol. The highest BCUT2D eigenvalue weighted by molar-refractivity contribution is 5.76. The highest BCUT2D eigenvalue weighted by Crippen LogP contribution is 2.18. The summed E-state index contributed by atoms with van der Waals surface area (Å²) < 4.78 is 0. The summed E-state index contributed by atoms with van der Waals surface area (Å²) in [5, 5.41) is 33.5. The molecular formula is C59H117NO4. The molecule has 0 bridgehead atoms. The van der Waals surface area contributed by atoms with E-state index in [1.807, 2.05) is 6.08 Å². The van der Waals surface area contributed by atoms with Gasteiger partial charge in [0.25, 0.3) is 0 Å². The molecule has 0 aromatic rings. The van der Waals surface area contributed by atoms with E-state index < -0.39 is 18.2 Å². The van der Waals surface area contributed by atoms with Gasteiger partial charge in [0.05, 0.1) is 31.3 Å². The minimum atomic E-state index is -0.926. The van der Waals surface area contributed by atoms with Gasteiger partial charge < -0.3 is 20.6 Å². The topological polar surface area (TPSA) is 89.8 Å². The summed E-state index contributed by atoms with van der Waals surface area (Å²) in [4.78, 5) is 12.5. The molecule has 0 aliphatic heterocycles. The molecule has 0 heterocycles. The number of aliphatic hydroxyl groups excluding tert-OH is 3. The SMILES string of the molecule is CCCCCCCCCCCCCCCCCCCCCCC/C=C/C(O)C(CO)NC(=O)CC(O)CCCCCCCCCCCCCCCCCCCCCCCCCCCC. The van der Waals surface area contributed by atoms with E-state index >= 15 is 0 Å². The summed E-state index contributed by atoms with van der Waals surface area (Å²) in [5.74, 6) is -0.307. The zero-order chi connectivity index (χ0) is 46.5. The van der Waals surface area contributed by atoms with Crippen LogP contribution in [0.15, 0.2) is 12.2 Å². The van der Waals surface area contributed by atoms with Crippen LogP contribution >= 0.6 is 0 Å². The van der Waals surface area contributed by atoms with Crippen molar-refractivity contribution in [3.05, 3.63) is 12.2 Å². The van der Waals surface area contributed by atoms with E-state index in [1.165, 1.54) is 283 Å². The van der Waals surface area contributed by atoms with Gasteiger partial charge in [0, 0.05) is 0 Å². The number of nitrogens with one attached hydrogen (secondary N) is 1. The van der Waals surface area contributed by atoms with Crippen molar-refractivity contribution >= 4 is 5.91 Å². The van der Waals surface area contributed by atoms with Gasteiger partial charge in [-0.05, 0) is 19.3 Å². The molecule has 3 unspecified atom stereocenters. The molecule has 64 heavy (non-hydrogen) atoms. The Morgan fingerprint density at radius 2 is 0.641 bits per heavy atom. The molecule has 0 aromatic carbocycles. The van der Waals surface area contributed by atoms with Gasteiger partial charge in [-0.15, -0.1) is 0 Å². The molecule has 0 aliphatic carbocycles. The number of carbonyl (C=O) groups excluding carboxylic acids is 1. The van der Waals surface area contributed by atoms with E-state index in [4.69, 9.17) is 0 Å². The lowest BCUT2D eigenvalue weighted by atomic mass is 10.0. The molecule has 0 saturated heterocycles. The third-order valence-corrected chi connectivity index (χ3v) is 14.1. The van der Waals surface area contributed by atoms with Crippen molar-refractivity contribution in [1.29, 1.82) is 0 Å². The molecule has 4 N–H and O–H groups in total. The number of rotatable bonds is 55. The Morgan fingerprint density at radius 3 is 0.906 bits per heavy atom. The van der Waals surface area contributed by atoms with Crippen molar-refractivity contribution in [3.63, 3.8) is 0 Å². The van der Waals surface area contributed by atoms with Crippen LogP contribution in [-0.2, 0) is 4.79 Å². The maximum Gasteiger partial charge on any atom is 0.222 e. The third kappa shape index (κ3) is 50.5. The summed E-state index contributed by atoms with van der Waals surface area (Å²) in [6.07, 6.45) is 68.4. The standard InChI is InChI=1S/C59H117NO4/c1-3-5-7-9-11-13-15-17-19-21-23-25-27-28-29-31-32-34-36-38-40-42-44-46-48-50-52-56(62)54-59(64)60-57(55-61)58(63)53-51-49-47-45-43-41-39-37-35-33-30-26-24-22-20-18-16-14-12-10-8-6-4-2/h51,53,56-58,61-63H,3-50,52,54-55H2,1-2H3,(H,60,64)/b53-51+. The molecule has 5 heteroatoms. The van der Waals surface area contributed by atoms with E-state index in [2.05, 4.69) is 19.2 Å². The van der Waals surface area contributed by atoms with Gasteiger partial charge in [-0.2, -0.15) is 0 Å². The molecule has 3 atom stereocenters. The van der Waals surface area contributed by atoms with Crippen molar-refractivity contribution in [1.82, 2.24) is 5.32 Å². The molecule has 5 nitrogen and oxygen atoms in total. The molecule has 0 spiro atoms. The number of aliphatic hydroxyl groups is 3. The Morgan fingerprint density at radius 1 is 0.391 bits per heavy atom. The van der Waals surface area contributed by atoms with Gasteiger partial charge in [-0.1, -0.05) is 321 Å². The Bertz CT molecular complexity index is 909.